The molecule has 2 N–H and O–H groups in total. The molecule has 100 valence electrons. The van der Waals surface area contributed by atoms with E-state index in [0.29, 0.717) is 18.5 Å². The molecule has 3 rings (SSSR count). The summed E-state index contributed by atoms with van der Waals surface area (Å²) >= 11 is 0. The molecule has 19 heavy (non-hydrogen) atoms. The summed E-state index contributed by atoms with van der Waals surface area (Å²) in [4.78, 5) is 4.15. The summed E-state index contributed by atoms with van der Waals surface area (Å²) < 4.78 is 28.4. The Morgan fingerprint density at radius 1 is 1.26 bits per heavy atom. The van der Waals surface area contributed by atoms with Gasteiger partial charge in [0.15, 0.2) is 0 Å². The fourth-order valence-corrected chi connectivity index (χ4v) is 2.71. The fourth-order valence-electron chi connectivity index (χ4n) is 2.71. The normalized spacial score (nSPS) is 22.3. The topological polar surface area (TPSA) is 56.7 Å². The first-order valence-electron chi connectivity index (χ1n) is 6.18. The molecule has 2 heterocycles. The van der Waals surface area contributed by atoms with Crippen molar-refractivity contribution in [1.82, 2.24) is 14.8 Å². The fraction of sp³-hybridized carbons (Fsp3) is 0.385. The van der Waals surface area contributed by atoms with E-state index in [4.69, 9.17) is 5.73 Å². The van der Waals surface area contributed by atoms with Crippen molar-refractivity contribution in [3.8, 4) is 0 Å². The van der Waals surface area contributed by atoms with E-state index in [1.807, 2.05) is 6.92 Å². The monoisotopic (exact) mass is 264 g/mol. The van der Waals surface area contributed by atoms with Crippen molar-refractivity contribution in [3.63, 3.8) is 0 Å². The first-order chi connectivity index (χ1) is 9.02. The Balaban J connectivity index is 1.97. The maximum atomic E-state index is 13.3. The van der Waals surface area contributed by atoms with Crippen molar-refractivity contribution in [3.05, 3.63) is 41.2 Å². The summed E-state index contributed by atoms with van der Waals surface area (Å²) in [6.45, 7) is 2.59. The van der Waals surface area contributed by atoms with E-state index >= 15 is 0 Å². The first kappa shape index (κ1) is 12.1. The van der Waals surface area contributed by atoms with Crippen molar-refractivity contribution in [2.75, 3.05) is 5.73 Å². The minimum Gasteiger partial charge on any atom is -0.366 e. The van der Waals surface area contributed by atoms with Gasteiger partial charge in [0.2, 0.25) is 5.95 Å². The van der Waals surface area contributed by atoms with Crippen LogP contribution >= 0.6 is 0 Å². The molecule has 0 spiro atoms. The standard InChI is InChI=1S/C13H14F2N4/c1-7-2-12-17-13(16)18-19(12)6-11(7)8-3-9(14)5-10(15)4-8/h3-5,7,11H,2,6H2,1H3,(H2,16,18). The minimum absolute atomic E-state index is 0.0128. The molecule has 0 radical (unpaired) electrons. The highest BCUT2D eigenvalue weighted by Gasteiger charge is 2.29. The SMILES string of the molecule is CC1Cc2nc(N)nn2CC1c1cc(F)cc(F)c1. The Kier molecular flexibility index (Phi) is 2.73. The predicted octanol–water partition coefficient (Wildman–Crippen LogP) is 2.11. The lowest BCUT2D eigenvalue weighted by Crippen LogP contribution is -2.27. The van der Waals surface area contributed by atoms with Gasteiger partial charge in [-0.05, 0) is 23.6 Å². The Morgan fingerprint density at radius 3 is 2.63 bits per heavy atom. The summed E-state index contributed by atoms with van der Waals surface area (Å²) in [7, 11) is 0. The zero-order valence-corrected chi connectivity index (χ0v) is 10.5. The number of halogens is 2. The molecule has 0 saturated carbocycles. The summed E-state index contributed by atoms with van der Waals surface area (Å²) in [5.74, 6) is 0.222. The molecular weight excluding hydrogens is 250 g/mol. The third kappa shape index (κ3) is 2.18. The zero-order chi connectivity index (χ0) is 13.6. The largest absolute Gasteiger partial charge is 0.366 e. The van der Waals surface area contributed by atoms with Crippen LogP contribution in [0, 0.1) is 17.6 Å². The van der Waals surface area contributed by atoms with Crippen molar-refractivity contribution >= 4 is 5.95 Å². The van der Waals surface area contributed by atoms with Crippen molar-refractivity contribution in [2.45, 2.75) is 25.8 Å². The van der Waals surface area contributed by atoms with E-state index in [1.54, 1.807) is 4.68 Å². The van der Waals surface area contributed by atoms with Gasteiger partial charge in [0.05, 0.1) is 6.54 Å². The van der Waals surface area contributed by atoms with Crippen LogP contribution in [0.15, 0.2) is 18.2 Å². The average molecular weight is 264 g/mol. The number of benzene rings is 1. The van der Waals surface area contributed by atoms with E-state index in [2.05, 4.69) is 10.1 Å². The smallest absolute Gasteiger partial charge is 0.239 e. The van der Waals surface area contributed by atoms with Gasteiger partial charge in [0.1, 0.15) is 17.5 Å². The number of nitrogen functional groups attached to an aromatic ring is 1. The third-order valence-corrected chi connectivity index (χ3v) is 3.64. The lowest BCUT2D eigenvalue weighted by molar-refractivity contribution is 0.328. The van der Waals surface area contributed by atoms with Crippen molar-refractivity contribution < 1.29 is 8.78 Å². The second kappa shape index (κ2) is 4.29. The molecule has 2 atom stereocenters. The molecule has 1 aromatic heterocycles. The number of anilines is 1. The van der Waals surface area contributed by atoms with Crippen LogP contribution in [0.3, 0.4) is 0 Å². The molecule has 1 aliphatic rings. The zero-order valence-electron chi connectivity index (χ0n) is 10.5. The Hall–Kier alpha value is -1.98. The van der Waals surface area contributed by atoms with Crippen LogP contribution in [-0.4, -0.2) is 14.8 Å². The van der Waals surface area contributed by atoms with Gasteiger partial charge in [-0.1, -0.05) is 6.92 Å². The second-order valence-corrected chi connectivity index (χ2v) is 5.06. The average Bonchev–Trinajstić information content (AvgIpc) is 2.65. The van der Waals surface area contributed by atoms with Crippen LogP contribution in [0.2, 0.25) is 0 Å². The minimum atomic E-state index is -0.550. The molecular formula is C13H14F2N4. The Morgan fingerprint density at radius 2 is 1.95 bits per heavy atom. The van der Waals surface area contributed by atoms with E-state index in [0.717, 1.165) is 11.9 Å². The first-order valence-corrected chi connectivity index (χ1v) is 6.18. The van der Waals surface area contributed by atoms with Gasteiger partial charge in [-0.15, -0.1) is 5.10 Å². The molecule has 0 fully saturated rings. The highest BCUT2D eigenvalue weighted by molar-refractivity contribution is 5.25. The Bertz CT molecular complexity index is 603. The molecule has 0 aliphatic carbocycles. The van der Waals surface area contributed by atoms with E-state index in [-0.39, 0.29) is 17.8 Å². The quantitative estimate of drug-likeness (QED) is 0.858. The number of fused-ring (bicyclic) bond motifs is 1. The third-order valence-electron chi connectivity index (χ3n) is 3.64. The molecule has 0 bridgehead atoms. The van der Waals surface area contributed by atoms with Gasteiger partial charge in [0.25, 0.3) is 0 Å². The maximum absolute atomic E-state index is 13.3. The van der Waals surface area contributed by atoms with Crippen LogP contribution in [0.4, 0.5) is 14.7 Å². The Labute approximate surface area is 109 Å². The highest BCUT2D eigenvalue weighted by Crippen LogP contribution is 2.33. The molecule has 1 aliphatic heterocycles. The van der Waals surface area contributed by atoms with Gasteiger partial charge in [-0.2, -0.15) is 4.98 Å². The van der Waals surface area contributed by atoms with Crippen molar-refractivity contribution in [2.24, 2.45) is 5.92 Å². The lowest BCUT2D eigenvalue weighted by atomic mass is 9.83. The van der Waals surface area contributed by atoms with E-state index in [9.17, 15) is 8.78 Å². The molecule has 6 heteroatoms. The van der Waals surface area contributed by atoms with E-state index < -0.39 is 11.6 Å². The van der Waals surface area contributed by atoms with E-state index in [1.165, 1.54) is 12.1 Å². The number of rotatable bonds is 1. The summed E-state index contributed by atoms with van der Waals surface area (Å²) in [6, 6.07) is 3.65. The van der Waals surface area contributed by atoms with Gasteiger partial charge in [-0.25, -0.2) is 13.5 Å². The summed E-state index contributed by atoms with van der Waals surface area (Å²) in [5.41, 5.74) is 6.23. The molecule has 1 aromatic carbocycles. The maximum Gasteiger partial charge on any atom is 0.239 e. The number of nitrogens with zero attached hydrogens (tertiary/aromatic N) is 3. The van der Waals surface area contributed by atoms with Crippen molar-refractivity contribution in [1.29, 1.82) is 0 Å². The summed E-state index contributed by atoms with van der Waals surface area (Å²) in [6.07, 6.45) is 0.701. The van der Waals surface area contributed by atoms with Gasteiger partial charge >= 0.3 is 0 Å². The van der Waals surface area contributed by atoms with Gasteiger partial charge in [0, 0.05) is 18.4 Å². The second-order valence-electron chi connectivity index (χ2n) is 5.06. The number of hydrogen-bond acceptors (Lipinski definition) is 3. The van der Waals surface area contributed by atoms with Crippen LogP contribution in [-0.2, 0) is 13.0 Å². The van der Waals surface area contributed by atoms with Crippen LogP contribution in [0.25, 0.3) is 0 Å². The molecule has 2 aromatic rings. The van der Waals surface area contributed by atoms with Gasteiger partial charge < -0.3 is 5.73 Å². The van der Waals surface area contributed by atoms with Crippen LogP contribution < -0.4 is 5.73 Å². The number of aromatic nitrogens is 3. The molecule has 0 amide bonds. The molecule has 4 nitrogen and oxygen atoms in total. The van der Waals surface area contributed by atoms with Gasteiger partial charge in [-0.3, -0.25) is 0 Å². The number of hydrogen-bond donors (Lipinski definition) is 1. The number of nitrogens with two attached hydrogens (primary N) is 1. The van der Waals surface area contributed by atoms with Crippen LogP contribution in [0.5, 0.6) is 0 Å². The molecule has 0 saturated heterocycles. The highest BCUT2D eigenvalue weighted by atomic mass is 19.1. The predicted molar refractivity (Wildman–Crippen MR) is 66.4 cm³/mol. The lowest BCUT2D eigenvalue weighted by Gasteiger charge is -2.29. The molecule has 2 unspecified atom stereocenters. The van der Waals surface area contributed by atoms with Crippen LogP contribution in [0.1, 0.15) is 24.2 Å². The summed E-state index contributed by atoms with van der Waals surface area (Å²) in [5, 5.41) is 4.10.